The number of hydrogen-bond donors (Lipinski definition) is 2. The molecular weight excluding hydrogens is 317 g/mol. The van der Waals surface area contributed by atoms with Crippen LogP contribution in [0, 0.1) is 0 Å². The van der Waals surface area contributed by atoms with Gasteiger partial charge >= 0.3 is 0 Å². The van der Waals surface area contributed by atoms with E-state index in [1.54, 1.807) is 0 Å². The first-order chi connectivity index (χ1) is 8.70. The summed E-state index contributed by atoms with van der Waals surface area (Å²) in [5.74, 6) is -0.573. The average molecular weight is 326 g/mol. The molecule has 19 heavy (non-hydrogen) atoms. The number of aromatic nitrogens is 2. The van der Waals surface area contributed by atoms with E-state index in [2.05, 4.69) is 9.97 Å². The van der Waals surface area contributed by atoms with Crippen LogP contribution in [0.15, 0.2) is 0 Å². The summed E-state index contributed by atoms with van der Waals surface area (Å²) in [4.78, 5) is 20.4. The second-order valence-corrected chi connectivity index (χ2v) is 6.50. The number of rotatable bonds is 2. The Bertz CT molecular complexity index is 627. The Morgan fingerprint density at radius 1 is 1.26 bits per heavy atom. The van der Waals surface area contributed by atoms with Crippen molar-refractivity contribution in [1.82, 2.24) is 9.97 Å². The number of hydrogen-bond acceptors (Lipinski definition) is 6. The Hall–Kier alpha value is -1.16. The zero-order chi connectivity index (χ0) is 14.4. The molecule has 0 radical (unpaired) electrons. The second kappa shape index (κ2) is 4.75. The highest BCUT2D eigenvalue weighted by atomic mass is 35.5. The summed E-state index contributed by atoms with van der Waals surface area (Å²) >= 11 is 11.5. The molecule has 1 fully saturated rings. The number of nitrogens with zero attached hydrogens (tertiary/aromatic N) is 3. The van der Waals surface area contributed by atoms with E-state index < -0.39 is 21.2 Å². The lowest BCUT2D eigenvalue weighted by atomic mass is 10.4. The first-order valence-corrected chi connectivity index (χ1v) is 7.37. The molecule has 0 aromatic carbocycles. The molecule has 104 valence electrons. The molecule has 0 saturated carbocycles. The van der Waals surface area contributed by atoms with Gasteiger partial charge in [0, 0.05) is 13.0 Å². The van der Waals surface area contributed by atoms with Gasteiger partial charge in [-0.3, -0.25) is 9.69 Å². The van der Waals surface area contributed by atoms with Gasteiger partial charge in [-0.1, -0.05) is 23.2 Å². The summed E-state index contributed by atoms with van der Waals surface area (Å²) in [6, 6.07) is 0. The Labute approximate surface area is 118 Å². The number of nitrogens with two attached hydrogens (primary N) is 2. The van der Waals surface area contributed by atoms with Gasteiger partial charge in [0.05, 0.1) is 0 Å². The number of anilines is 2. The maximum Gasteiger partial charge on any atom is 0.235 e. The lowest BCUT2D eigenvalue weighted by molar-refractivity contribution is -0.117. The molecule has 2 heterocycles. The molecule has 1 aliphatic heterocycles. The standard InChI is InChI=1S/C8H9Cl2N5O3S/c9-6-5(11)7(10)14-8(13-6)15-2-3(1-4(15)16)19(12,17)18/h3H,1-2,11H2,(H2,12,17,18). The van der Waals surface area contributed by atoms with Crippen molar-refractivity contribution in [2.24, 2.45) is 5.14 Å². The fourth-order valence-corrected chi connectivity index (χ4v) is 2.73. The van der Waals surface area contributed by atoms with Crippen molar-refractivity contribution in [3.63, 3.8) is 0 Å². The zero-order valence-corrected chi connectivity index (χ0v) is 11.7. The molecule has 8 nitrogen and oxygen atoms in total. The molecule has 1 saturated heterocycles. The van der Waals surface area contributed by atoms with Gasteiger partial charge < -0.3 is 5.73 Å². The molecule has 0 bridgehead atoms. The Morgan fingerprint density at radius 2 is 1.79 bits per heavy atom. The smallest absolute Gasteiger partial charge is 0.235 e. The Kier molecular flexibility index (Phi) is 3.56. The van der Waals surface area contributed by atoms with E-state index in [1.807, 2.05) is 0 Å². The molecular formula is C8H9Cl2N5O3S. The molecule has 1 unspecified atom stereocenters. The van der Waals surface area contributed by atoms with Gasteiger partial charge in [-0.25, -0.2) is 13.6 Å². The number of primary sulfonamides is 1. The van der Waals surface area contributed by atoms with Gasteiger partial charge in [-0.2, -0.15) is 9.97 Å². The van der Waals surface area contributed by atoms with Crippen molar-refractivity contribution in [3.8, 4) is 0 Å². The summed E-state index contributed by atoms with van der Waals surface area (Å²) in [6.07, 6.45) is -0.234. The van der Waals surface area contributed by atoms with Gasteiger partial charge in [0.2, 0.25) is 21.9 Å². The predicted molar refractivity (Wildman–Crippen MR) is 70.3 cm³/mol. The third kappa shape index (κ3) is 2.73. The van der Waals surface area contributed by atoms with Crippen LogP contribution in [0.5, 0.6) is 0 Å². The minimum atomic E-state index is -3.81. The van der Waals surface area contributed by atoms with Crippen molar-refractivity contribution < 1.29 is 13.2 Å². The maximum atomic E-state index is 11.7. The topological polar surface area (TPSA) is 132 Å². The van der Waals surface area contributed by atoms with E-state index >= 15 is 0 Å². The van der Waals surface area contributed by atoms with Gasteiger partial charge in [-0.15, -0.1) is 0 Å². The summed E-state index contributed by atoms with van der Waals surface area (Å²) in [6.45, 7) is -0.145. The van der Waals surface area contributed by atoms with E-state index in [0.717, 1.165) is 4.90 Å². The molecule has 1 aliphatic rings. The van der Waals surface area contributed by atoms with Crippen LogP contribution < -0.4 is 15.8 Å². The molecule has 1 amide bonds. The first kappa shape index (κ1) is 14.3. The second-order valence-electron chi connectivity index (χ2n) is 3.94. The van der Waals surface area contributed by atoms with Crippen LogP contribution in [0.1, 0.15) is 6.42 Å². The molecule has 4 N–H and O–H groups in total. The van der Waals surface area contributed by atoms with Crippen LogP contribution in [0.2, 0.25) is 10.3 Å². The molecule has 1 aromatic heterocycles. The van der Waals surface area contributed by atoms with Gasteiger partial charge in [0.1, 0.15) is 10.9 Å². The van der Waals surface area contributed by atoms with E-state index in [1.165, 1.54) is 0 Å². The molecule has 2 rings (SSSR count). The highest BCUT2D eigenvalue weighted by Crippen LogP contribution is 2.28. The normalized spacial score (nSPS) is 20.1. The third-order valence-electron chi connectivity index (χ3n) is 2.64. The van der Waals surface area contributed by atoms with Crippen LogP contribution >= 0.6 is 23.2 Å². The lowest BCUT2D eigenvalue weighted by Crippen LogP contribution is -2.32. The number of sulfonamides is 1. The van der Waals surface area contributed by atoms with Crippen LogP contribution in [0.4, 0.5) is 11.6 Å². The first-order valence-electron chi connectivity index (χ1n) is 5.00. The maximum absolute atomic E-state index is 11.7. The highest BCUT2D eigenvalue weighted by Gasteiger charge is 2.38. The summed E-state index contributed by atoms with van der Waals surface area (Å²) in [7, 11) is -3.81. The predicted octanol–water partition coefficient (Wildman–Crippen LogP) is -0.241. The lowest BCUT2D eigenvalue weighted by Gasteiger charge is -2.15. The molecule has 1 aromatic rings. The Balaban J connectivity index is 2.36. The van der Waals surface area contributed by atoms with Crippen LogP contribution in [0.3, 0.4) is 0 Å². The highest BCUT2D eigenvalue weighted by molar-refractivity contribution is 7.89. The minimum absolute atomic E-state index is 0.0123. The van der Waals surface area contributed by atoms with Gasteiger partial charge in [0.15, 0.2) is 10.3 Å². The number of nitrogen functional groups attached to an aromatic ring is 1. The van der Waals surface area contributed by atoms with Crippen LogP contribution in [-0.2, 0) is 14.8 Å². The minimum Gasteiger partial charge on any atom is -0.394 e. The largest absolute Gasteiger partial charge is 0.394 e. The van der Waals surface area contributed by atoms with Crippen molar-refractivity contribution in [3.05, 3.63) is 10.3 Å². The molecule has 1 atom stereocenters. The zero-order valence-electron chi connectivity index (χ0n) is 9.38. The fraction of sp³-hybridized carbons (Fsp3) is 0.375. The van der Waals surface area contributed by atoms with E-state index in [9.17, 15) is 13.2 Å². The summed E-state index contributed by atoms with van der Waals surface area (Å²) < 4.78 is 22.5. The van der Waals surface area contributed by atoms with E-state index in [0.29, 0.717) is 0 Å². The fourth-order valence-electron chi connectivity index (χ4n) is 1.62. The number of carbonyl (C=O) groups is 1. The monoisotopic (exact) mass is 325 g/mol. The Morgan fingerprint density at radius 3 is 2.21 bits per heavy atom. The van der Waals surface area contributed by atoms with E-state index in [4.69, 9.17) is 34.1 Å². The van der Waals surface area contributed by atoms with Crippen molar-refractivity contribution >= 4 is 50.8 Å². The van der Waals surface area contributed by atoms with Crippen LogP contribution in [0.25, 0.3) is 0 Å². The number of amides is 1. The van der Waals surface area contributed by atoms with Gasteiger partial charge in [-0.05, 0) is 0 Å². The van der Waals surface area contributed by atoms with Crippen LogP contribution in [-0.4, -0.2) is 36.1 Å². The van der Waals surface area contributed by atoms with Crippen molar-refractivity contribution in [1.29, 1.82) is 0 Å². The summed E-state index contributed by atoms with van der Waals surface area (Å²) in [5.41, 5.74) is 5.46. The van der Waals surface area contributed by atoms with Crippen molar-refractivity contribution in [2.45, 2.75) is 11.7 Å². The van der Waals surface area contributed by atoms with Gasteiger partial charge in [0.25, 0.3) is 0 Å². The van der Waals surface area contributed by atoms with Crippen molar-refractivity contribution in [2.75, 3.05) is 17.2 Å². The SMILES string of the molecule is Nc1c(Cl)nc(N2CC(S(N)(=O)=O)CC2=O)nc1Cl. The number of carbonyl (C=O) groups excluding carboxylic acids is 1. The third-order valence-corrected chi connectivity index (χ3v) is 4.46. The number of halogens is 2. The molecule has 0 spiro atoms. The molecule has 11 heteroatoms. The average Bonchev–Trinajstić information content (AvgIpc) is 2.67. The van der Waals surface area contributed by atoms with E-state index in [-0.39, 0.29) is 34.9 Å². The molecule has 0 aliphatic carbocycles. The summed E-state index contributed by atoms with van der Waals surface area (Å²) in [5, 5.41) is 3.79. The quantitative estimate of drug-likeness (QED) is 0.721.